The number of amides is 1. The summed E-state index contributed by atoms with van der Waals surface area (Å²) in [4.78, 5) is 11.2. The second-order valence-electron chi connectivity index (χ2n) is 3.26. The molecule has 0 atom stereocenters. The van der Waals surface area contributed by atoms with Crippen molar-refractivity contribution in [3.05, 3.63) is 0 Å². The number of hydrogen-bond donors (Lipinski definition) is 1. The molecule has 0 spiro atoms. The monoisotopic (exact) mass is 217 g/mol. The van der Waals surface area contributed by atoms with Crippen LogP contribution >= 0.6 is 0 Å². The van der Waals surface area contributed by atoms with E-state index in [1.165, 1.54) is 0 Å². The van der Waals surface area contributed by atoms with Crippen LogP contribution in [0.25, 0.3) is 0 Å². The summed E-state index contributed by atoms with van der Waals surface area (Å²) in [5.74, 6) is 0.0785. The number of carbonyl (C=O) groups excluding carboxylic acids is 1. The molecule has 0 aliphatic heterocycles. The average molecular weight is 217 g/mol. The second kappa shape index (κ2) is 11.5. The minimum absolute atomic E-state index is 0.0785. The first kappa shape index (κ1) is 14.4. The molecular formula is C11H23NO3. The van der Waals surface area contributed by atoms with Crippen molar-refractivity contribution in [2.75, 3.05) is 33.0 Å². The molecule has 0 saturated carbocycles. The van der Waals surface area contributed by atoms with Gasteiger partial charge in [0.1, 0.15) is 0 Å². The lowest BCUT2D eigenvalue weighted by atomic mass is 10.3. The summed E-state index contributed by atoms with van der Waals surface area (Å²) >= 11 is 0. The van der Waals surface area contributed by atoms with Crippen molar-refractivity contribution >= 4 is 5.91 Å². The number of nitrogens with one attached hydrogen (secondary N) is 1. The van der Waals surface area contributed by atoms with E-state index in [-0.39, 0.29) is 5.91 Å². The Hall–Kier alpha value is -0.610. The Balaban J connectivity index is 3.11. The molecule has 1 N–H and O–H groups in total. The molecule has 0 fully saturated rings. The van der Waals surface area contributed by atoms with Crippen LogP contribution in [0.1, 0.15) is 33.1 Å². The lowest BCUT2D eigenvalue weighted by Crippen LogP contribution is -2.27. The molecule has 0 aromatic carbocycles. The van der Waals surface area contributed by atoms with Gasteiger partial charge in [-0.3, -0.25) is 4.79 Å². The standard InChI is InChI=1S/C11H23NO3/c1-3-8-15-9-5-6-11(13)12-7-10-14-4-2/h3-10H2,1-2H3,(H,12,13). The van der Waals surface area contributed by atoms with E-state index < -0.39 is 0 Å². The van der Waals surface area contributed by atoms with Gasteiger partial charge in [0.25, 0.3) is 0 Å². The lowest BCUT2D eigenvalue weighted by Gasteiger charge is -2.05. The van der Waals surface area contributed by atoms with Crippen LogP contribution in [0.2, 0.25) is 0 Å². The summed E-state index contributed by atoms with van der Waals surface area (Å²) in [6.07, 6.45) is 2.36. The van der Waals surface area contributed by atoms with Crippen molar-refractivity contribution in [2.24, 2.45) is 0 Å². The first-order chi connectivity index (χ1) is 7.31. The van der Waals surface area contributed by atoms with Crippen molar-refractivity contribution in [2.45, 2.75) is 33.1 Å². The van der Waals surface area contributed by atoms with Crippen LogP contribution in [0.4, 0.5) is 0 Å². The Kier molecular flexibility index (Phi) is 11.0. The molecule has 90 valence electrons. The summed E-state index contributed by atoms with van der Waals surface area (Å²) in [5.41, 5.74) is 0. The van der Waals surface area contributed by atoms with Gasteiger partial charge < -0.3 is 14.8 Å². The van der Waals surface area contributed by atoms with E-state index in [4.69, 9.17) is 9.47 Å². The highest BCUT2D eigenvalue weighted by Crippen LogP contribution is 1.91. The van der Waals surface area contributed by atoms with Crippen LogP contribution in [-0.4, -0.2) is 38.9 Å². The van der Waals surface area contributed by atoms with Gasteiger partial charge in [-0.15, -0.1) is 0 Å². The molecule has 4 nitrogen and oxygen atoms in total. The summed E-state index contributed by atoms with van der Waals surface area (Å²) in [5, 5.41) is 2.79. The van der Waals surface area contributed by atoms with E-state index in [0.29, 0.717) is 32.8 Å². The Labute approximate surface area is 92.3 Å². The molecule has 4 heteroatoms. The van der Waals surface area contributed by atoms with Gasteiger partial charge >= 0.3 is 0 Å². The van der Waals surface area contributed by atoms with Crippen LogP contribution in [0.3, 0.4) is 0 Å². The minimum Gasteiger partial charge on any atom is -0.381 e. The molecule has 0 aromatic rings. The number of hydrogen-bond acceptors (Lipinski definition) is 3. The van der Waals surface area contributed by atoms with Crippen LogP contribution in [-0.2, 0) is 14.3 Å². The number of ether oxygens (including phenoxy) is 2. The third-order valence-corrected chi connectivity index (χ3v) is 1.81. The molecule has 0 aliphatic carbocycles. The maximum absolute atomic E-state index is 11.2. The second-order valence-corrected chi connectivity index (χ2v) is 3.26. The van der Waals surface area contributed by atoms with Crippen molar-refractivity contribution in [1.29, 1.82) is 0 Å². The molecule has 0 bridgehead atoms. The largest absolute Gasteiger partial charge is 0.381 e. The SMILES string of the molecule is CCCOCCCC(=O)NCCOCC. The molecule has 0 rings (SSSR count). The van der Waals surface area contributed by atoms with Crippen molar-refractivity contribution in [3.63, 3.8) is 0 Å². The first-order valence-corrected chi connectivity index (χ1v) is 5.73. The van der Waals surface area contributed by atoms with Crippen LogP contribution in [0.15, 0.2) is 0 Å². The zero-order valence-corrected chi connectivity index (χ0v) is 9.88. The third-order valence-electron chi connectivity index (χ3n) is 1.81. The Bertz CT molecular complexity index is 151. The fourth-order valence-electron chi connectivity index (χ4n) is 1.08. The van der Waals surface area contributed by atoms with Gasteiger partial charge in [-0.2, -0.15) is 0 Å². The number of rotatable bonds is 10. The normalized spacial score (nSPS) is 10.3. The van der Waals surface area contributed by atoms with Crippen LogP contribution in [0, 0.1) is 0 Å². The molecule has 0 aromatic heterocycles. The highest BCUT2D eigenvalue weighted by molar-refractivity contribution is 5.75. The van der Waals surface area contributed by atoms with Crippen molar-refractivity contribution < 1.29 is 14.3 Å². The maximum atomic E-state index is 11.2. The van der Waals surface area contributed by atoms with Gasteiger partial charge in [0.15, 0.2) is 0 Å². The zero-order chi connectivity index (χ0) is 11.4. The Morgan fingerprint density at radius 2 is 1.93 bits per heavy atom. The lowest BCUT2D eigenvalue weighted by molar-refractivity contribution is -0.121. The summed E-state index contributed by atoms with van der Waals surface area (Å²) in [6.45, 7) is 7.35. The van der Waals surface area contributed by atoms with Gasteiger partial charge in [-0.1, -0.05) is 6.92 Å². The van der Waals surface area contributed by atoms with Gasteiger partial charge in [0.2, 0.25) is 5.91 Å². The molecule has 0 radical (unpaired) electrons. The fourth-order valence-corrected chi connectivity index (χ4v) is 1.08. The molecule has 0 heterocycles. The average Bonchev–Trinajstić information content (AvgIpc) is 2.24. The summed E-state index contributed by atoms with van der Waals surface area (Å²) < 4.78 is 10.4. The predicted molar refractivity (Wildman–Crippen MR) is 59.8 cm³/mol. The smallest absolute Gasteiger partial charge is 0.220 e. The minimum atomic E-state index is 0.0785. The van der Waals surface area contributed by atoms with Gasteiger partial charge in [-0.25, -0.2) is 0 Å². The van der Waals surface area contributed by atoms with E-state index in [0.717, 1.165) is 19.4 Å². The Morgan fingerprint density at radius 1 is 1.13 bits per heavy atom. The van der Waals surface area contributed by atoms with E-state index in [1.54, 1.807) is 0 Å². The molecule has 15 heavy (non-hydrogen) atoms. The van der Waals surface area contributed by atoms with E-state index >= 15 is 0 Å². The quantitative estimate of drug-likeness (QED) is 0.562. The number of carbonyl (C=O) groups is 1. The first-order valence-electron chi connectivity index (χ1n) is 5.73. The van der Waals surface area contributed by atoms with E-state index in [1.807, 2.05) is 6.92 Å². The predicted octanol–water partition coefficient (Wildman–Crippen LogP) is 1.35. The van der Waals surface area contributed by atoms with Gasteiger partial charge in [0.05, 0.1) is 6.61 Å². The fraction of sp³-hybridized carbons (Fsp3) is 0.909. The van der Waals surface area contributed by atoms with E-state index in [2.05, 4.69) is 12.2 Å². The van der Waals surface area contributed by atoms with Gasteiger partial charge in [-0.05, 0) is 19.8 Å². The molecule has 0 saturated heterocycles. The van der Waals surface area contributed by atoms with Crippen molar-refractivity contribution in [1.82, 2.24) is 5.32 Å². The Morgan fingerprint density at radius 3 is 2.60 bits per heavy atom. The third kappa shape index (κ3) is 11.3. The summed E-state index contributed by atoms with van der Waals surface area (Å²) in [7, 11) is 0. The molecule has 0 aliphatic rings. The highest BCUT2D eigenvalue weighted by atomic mass is 16.5. The highest BCUT2D eigenvalue weighted by Gasteiger charge is 1.99. The molecule has 1 amide bonds. The maximum Gasteiger partial charge on any atom is 0.220 e. The van der Waals surface area contributed by atoms with Crippen LogP contribution in [0.5, 0.6) is 0 Å². The van der Waals surface area contributed by atoms with E-state index in [9.17, 15) is 4.79 Å². The topological polar surface area (TPSA) is 47.6 Å². The van der Waals surface area contributed by atoms with Crippen LogP contribution < -0.4 is 5.32 Å². The zero-order valence-electron chi connectivity index (χ0n) is 9.88. The molecule has 0 unspecified atom stereocenters. The van der Waals surface area contributed by atoms with Crippen molar-refractivity contribution in [3.8, 4) is 0 Å². The van der Waals surface area contributed by atoms with Gasteiger partial charge in [0, 0.05) is 32.8 Å². The summed E-state index contributed by atoms with van der Waals surface area (Å²) in [6, 6.07) is 0. The molecular weight excluding hydrogens is 194 g/mol.